The lowest BCUT2D eigenvalue weighted by Crippen LogP contribution is -2.43. The smallest absolute Gasteiger partial charge is 0.281 e. The molecule has 0 aromatic rings. The summed E-state index contributed by atoms with van der Waals surface area (Å²) in [7, 11) is 0.955. The van der Waals surface area contributed by atoms with Crippen LogP contribution in [0.3, 0.4) is 0 Å². The fourth-order valence-electron chi connectivity index (χ4n) is 1.01. The fourth-order valence-corrected chi connectivity index (χ4v) is 2.10. The molecule has 0 aromatic heterocycles. The minimum absolute atomic E-state index is 0.0311. The number of methoxy groups -OCH3 is 1. The Morgan fingerprint density at radius 2 is 1.94 bits per heavy atom. The average Bonchev–Trinajstić information content (AvgIpc) is 2.16. The molecule has 0 unspecified atom stereocenters. The first-order valence-corrected chi connectivity index (χ1v) is 6.21. The van der Waals surface area contributed by atoms with Crippen molar-refractivity contribution in [3.05, 3.63) is 0 Å². The second-order valence-electron chi connectivity index (χ2n) is 3.46. The predicted octanol–water partition coefficient (Wildman–Crippen LogP) is -0.933. The normalized spacial score (nSPS) is 12.3. The highest BCUT2D eigenvalue weighted by Crippen LogP contribution is 2.05. The summed E-state index contributed by atoms with van der Waals surface area (Å²) in [5.41, 5.74) is 5.21. The zero-order valence-electron chi connectivity index (χ0n) is 9.93. The third-order valence-corrected chi connectivity index (χ3v) is 3.90. The van der Waals surface area contributed by atoms with Gasteiger partial charge in [-0.05, 0) is 0 Å². The highest BCUT2D eigenvalue weighted by molar-refractivity contribution is 7.86. The Morgan fingerprint density at radius 3 is 2.31 bits per heavy atom. The molecular formula is C8H20N4O3S. The minimum atomic E-state index is -3.47. The summed E-state index contributed by atoms with van der Waals surface area (Å²) in [6.45, 7) is 0.758. The predicted molar refractivity (Wildman–Crippen MR) is 62.6 cm³/mol. The molecule has 96 valence electrons. The molecule has 0 spiro atoms. The van der Waals surface area contributed by atoms with Crippen LogP contribution < -0.4 is 5.73 Å². The van der Waals surface area contributed by atoms with Crippen LogP contribution in [0.4, 0.5) is 0 Å². The fraction of sp³-hybridized carbons (Fsp3) is 0.875. The summed E-state index contributed by atoms with van der Waals surface area (Å²) < 4.78 is 30.9. The van der Waals surface area contributed by atoms with Crippen molar-refractivity contribution in [2.24, 2.45) is 5.73 Å². The van der Waals surface area contributed by atoms with Crippen LogP contribution in [-0.4, -0.2) is 63.8 Å². The summed E-state index contributed by atoms with van der Waals surface area (Å²) >= 11 is 0. The van der Waals surface area contributed by atoms with Crippen LogP contribution in [-0.2, 0) is 14.9 Å². The number of amidine groups is 1. The van der Waals surface area contributed by atoms with Crippen molar-refractivity contribution in [1.82, 2.24) is 8.61 Å². The van der Waals surface area contributed by atoms with E-state index in [1.165, 1.54) is 25.5 Å². The summed E-state index contributed by atoms with van der Waals surface area (Å²) in [6.07, 6.45) is 0.219. The molecule has 0 fully saturated rings. The molecule has 16 heavy (non-hydrogen) atoms. The Labute approximate surface area is 96.8 Å². The molecule has 0 aromatic carbocycles. The van der Waals surface area contributed by atoms with Gasteiger partial charge in [0.2, 0.25) is 0 Å². The summed E-state index contributed by atoms with van der Waals surface area (Å²) in [5.74, 6) is -0.0311. The Hall–Kier alpha value is -0.700. The standard InChI is InChI=1S/C8H20N4O3S/c1-11(2)16(13,14)12(6-7-15-3)5-4-8(9)10/h4-7H2,1-3H3,(H3,9,10). The molecule has 0 heterocycles. The van der Waals surface area contributed by atoms with Crippen LogP contribution in [0.25, 0.3) is 0 Å². The van der Waals surface area contributed by atoms with E-state index in [0.29, 0.717) is 6.61 Å². The minimum Gasteiger partial charge on any atom is -0.388 e. The van der Waals surface area contributed by atoms with Crippen LogP contribution in [0, 0.1) is 5.41 Å². The lowest BCUT2D eigenvalue weighted by Gasteiger charge is -2.24. The van der Waals surface area contributed by atoms with E-state index in [9.17, 15) is 8.42 Å². The molecule has 0 saturated carbocycles. The van der Waals surface area contributed by atoms with Gasteiger partial charge in [0.05, 0.1) is 12.4 Å². The molecule has 8 heteroatoms. The van der Waals surface area contributed by atoms with E-state index in [1.807, 2.05) is 0 Å². The molecule has 0 rings (SSSR count). The van der Waals surface area contributed by atoms with Crippen LogP contribution in [0.15, 0.2) is 0 Å². The van der Waals surface area contributed by atoms with Gasteiger partial charge in [0.15, 0.2) is 0 Å². The number of nitrogens with one attached hydrogen (secondary N) is 1. The van der Waals surface area contributed by atoms with Crippen LogP contribution in [0.1, 0.15) is 6.42 Å². The quantitative estimate of drug-likeness (QED) is 0.430. The highest BCUT2D eigenvalue weighted by atomic mass is 32.2. The largest absolute Gasteiger partial charge is 0.388 e. The van der Waals surface area contributed by atoms with Gasteiger partial charge >= 0.3 is 0 Å². The number of nitrogens with two attached hydrogens (primary N) is 1. The lowest BCUT2D eigenvalue weighted by molar-refractivity contribution is 0.177. The first-order chi connectivity index (χ1) is 7.32. The van der Waals surface area contributed by atoms with E-state index in [-0.39, 0.29) is 25.3 Å². The monoisotopic (exact) mass is 252 g/mol. The molecule has 0 bridgehead atoms. The molecule has 3 N–H and O–H groups in total. The number of rotatable bonds is 8. The zero-order chi connectivity index (χ0) is 12.8. The second kappa shape index (κ2) is 6.79. The van der Waals surface area contributed by atoms with E-state index < -0.39 is 10.2 Å². The van der Waals surface area contributed by atoms with Crippen molar-refractivity contribution < 1.29 is 13.2 Å². The summed E-state index contributed by atoms with van der Waals surface area (Å²) in [6, 6.07) is 0. The van der Waals surface area contributed by atoms with E-state index >= 15 is 0 Å². The maximum absolute atomic E-state index is 11.8. The molecule has 0 aliphatic heterocycles. The Bertz CT molecular complexity index is 315. The van der Waals surface area contributed by atoms with Gasteiger partial charge in [0.1, 0.15) is 0 Å². The highest BCUT2D eigenvalue weighted by Gasteiger charge is 2.23. The SMILES string of the molecule is COCCN(CCC(=N)N)S(=O)(=O)N(C)C. The van der Waals surface area contributed by atoms with Gasteiger partial charge in [-0.3, -0.25) is 5.41 Å². The van der Waals surface area contributed by atoms with Crippen molar-refractivity contribution in [3.8, 4) is 0 Å². The topological polar surface area (TPSA) is 99.7 Å². The lowest BCUT2D eigenvalue weighted by atomic mass is 10.4. The van der Waals surface area contributed by atoms with Gasteiger partial charge in [-0.1, -0.05) is 0 Å². The van der Waals surface area contributed by atoms with Gasteiger partial charge in [-0.15, -0.1) is 0 Å². The van der Waals surface area contributed by atoms with Crippen LogP contribution in [0.5, 0.6) is 0 Å². The molecule has 0 aliphatic rings. The molecule has 7 nitrogen and oxygen atoms in total. The number of hydrogen-bond donors (Lipinski definition) is 2. The van der Waals surface area contributed by atoms with Crippen molar-refractivity contribution >= 4 is 16.0 Å². The van der Waals surface area contributed by atoms with E-state index in [2.05, 4.69) is 0 Å². The van der Waals surface area contributed by atoms with E-state index in [4.69, 9.17) is 15.9 Å². The van der Waals surface area contributed by atoms with Gasteiger partial charge in [0, 0.05) is 40.7 Å². The number of hydrogen-bond acceptors (Lipinski definition) is 4. The Kier molecular flexibility index (Phi) is 6.49. The van der Waals surface area contributed by atoms with Gasteiger partial charge in [0.25, 0.3) is 10.2 Å². The number of ether oxygens (including phenoxy) is 1. The average molecular weight is 252 g/mol. The molecule has 0 aliphatic carbocycles. The van der Waals surface area contributed by atoms with Gasteiger partial charge in [-0.25, -0.2) is 0 Å². The summed E-state index contributed by atoms with van der Waals surface area (Å²) in [5, 5.41) is 7.09. The van der Waals surface area contributed by atoms with Gasteiger partial charge in [-0.2, -0.15) is 17.0 Å². The van der Waals surface area contributed by atoms with Crippen molar-refractivity contribution in [1.29, 1.82) is 5.41 Å². The van der Waals surface area contributed by atoms with Crippen LogP contribution in [0.2, 0.25) is 0 Å². The van der Waals surface area contributed by atoms with Crippen molar-refractivity contribution in [2.45, 2.75) is 6.42 Å². The third kappa shape index (κ3) is 4.88. The van der Waals surface area contributed by atoms with Crippen LogP contribution >= 0.6 is 0 Å². The number of nitrogens with zero attached hydrogens (tertiary/aromatic N) is 2. The second-order valence-corrected chi connectivity index (χ2v) is 5.60. The molecule has 0 radical (unpaired) electrons. The Balaban J connectivity index is 4.59. The molecule has 0 amide bonds. The van der Waals surface area contributed by atoms with Crippen molar-refractivity contribution in [2.75, 3.05) is 40.9 Å². The summed E-state index contributed by atoms with van der Waals surface area (Å²) in [4.78, 5) is 0. The first-order valence-electron chi connectivity index (χ1n) is 4.81. The van der Waals surface area contributed by atoms with Crippen molar-refractivity contribution in [3.63, 3.8) is 0 Å². The van der Waals surface area contributed by atoms with Gasteiger partial charge < -0.3 is 10.5 Å². The van der Waals surface area contributed by atoms with E-state index in [0.717, 1.165) is 4.31 Å². The molecular weight excluding hydrogens is 232 g/mol. The van der Waals surface area contributed by atoms with E-state index in [1.54, 1.807) is 0 Å². The maximum atomic E-state index is 11.8. The first kappa shape index (κ1) is 15.3. The Morgan fingerprint density at radius 1 is 1.38 bits per heavy atom. The molecule has 0 atom stereocenters. The zero-order valence-corrected chi connectivity index (χ0v) is 10.7. The maximum Gasteiger partial charge on any atom is 0.281 e. The molecule has 0 saturated heterocycles. The third-order valence-electron chi connectivity index (χ3n) is 1.96.